The average molecular weight is 414 g/mol. The molecule has 0 N–H and O–H groups in total. The van der Waals surface area contributed by atoms with E-state index in [-0.39, 0.29) is 0 Å². The molecule has 0 unspecified atom stereocenters. The van der Waals surface area contributed by atoms with E-state index >= 15 is 0 Å². The van der Waals surface area contributed by atoms with Gasteiger partial charge in [0.2, 0.25) is 0 Å². The molecule has 0 bridgehead atoms. The second kappa shape index (κ2) is 7.09. The molecule has 110 valence electrons. The summed E-state index contributed by atoms with van der Waals surface area (Å²) in [6.45, 7) is 2.40. The molecule has 0 fully saturated rings. The van der Waals surface area contributed by atoms with Crippen molar-refractivity contribution in [2.75, 3.05) is 7.11 Å². The molecule has 21 heavy (non-hydrogen) atoms. The molecule has 5 heteroatoms. The zero-order chi connectivity index (χ0) is 15.4. The molecule has 2 rings (SSSR count). The minimum Gasteiger partial charge on any atom is -0.496 e. The smallest absolute Gasteiger partial charge is 0.150 e. The zero-order valence-electron chi connectivity index (χ0n) is 11.7. The van der Waals surface area contributed by atoms with Crippen LogP contribution in [0, 0.1) is 6.92 Å². The Balaban J connectivity index is 2.24. The number of hydrogen-bond acceptors (Lipinski definition) is 3. The van der Waals surface area contributed by atoms with Crippen molar-refractivity contribution in [3.05, 3.63) is 56.0 Å². The van der Waals surface area contributed by atoms with Crippen molar-refractivity contribution in [3.8, 4) is 11.5 Å². The number of carbonyl (C=O) groups excluding carboxylic acids is 1. The summed E-state index contributed by atoms with van der Waals surface area (Å²) < 4.78 is 12.7. The molecule has 0 atom stereocenters. The summed E-state index contributed by atoms with van der Waals surface area (Å²) in [6.07, 6.45) is 0.795. The van der Waals surface area contributed by atoms with Crippen molar-refractivity contribution in [3.63, 3.8) is 0 Å². The van der Waals surface area contributed by atoms with Gasteiger partial charge in [-0.25, -0.2) is 0 Å². The molecule has 0 aliphatic heterocycles. The van der Waals surface area contributed by atoms with E-state index in [0.29, 0.717) is 17.9 Å². The van der Waals surface area contributed by atoms with Gasteiger partial charge in [0.1, 0.15) is 24.4 Å². The number of ether oxygens (including phenoxy) is 2. The molecule has 0 spiro atoms. The van der Waals surface area contributed by atoms with Crippen molar-refractivity contribution >= 4 is 38.1 Å². The second-order valence-electron chi connectivity index (χ2n) is 4.54. The molecule has 3 nitrogen and oxygen atoms in total. The zero-order valence-corrected chi connectivity index (χ0v) is 14.8. The van der Waals surface area contributed by atoms with Gasteiger partial charge in [-0.15, -0.1) is 0 Å². The topological polar surface area (TPSA) is 35.5 Å². The third-order valence-corrected chi connectivity index (χ3v) is 4.14. The highest BCUT2D eigenvalue weighted by Crippen LogP contribution is 2.35. The monoisotopic (exact) mass is 412 g/mol. The molecule has 0 heterocycles. The normalized spacial score (nSPS) is 10.3. The van der Waals surface area contributed by atoms with Crippen molar-refractivity contribution in [1.29, 1.82) is 0 Å². The highest BCUT2D eigenvalue weighted by molar-refractivity contribution is 9.11. The molecule has 0 aromatic heterocycles. The van der Waals surface area contributed by atoms with Crippen LogP contribution < -0.4 is 9.47 Å². The molecular weight excluding hydrogens is 400 g/mol. The van der Waals surface area contributed by atoms with E-state index in [9.17, 15) is 4.79 Å². The van der Waals surface area contributed by atoms with Crippen LogP contribution in [0.1, 0.15) is 21.5 Å². The minimum absolute atomic E-state index is 0.377. The van der Waals surface area contributed by atoms with Gasteiger partial charge in [-0.1, -0.05) is 11.6 Å². The maximum atomic E-state index is 10.8. The molecule has 0 aliphatic carbocycles. The van der Waals surface area contributed by atoms with E-state index in [1.807, 2.05) is 25.1 Å². The van der Waals surface area contributed by atoms with Gasteiger partial charge in [-0.2, -0.15) is 0 Å². The number of benzene rings is 2. The highest BCUT2D eigenvalue weighted by atomic mass is 79.9. The first-order valence-corrected chi connectivity index (χ1v) is 7.84. The first-order valence-electron chi connectivity index (χ1n) is 6.25. The fourth-order valence-corrected chi connectivity index (χ4v) is 3.41. The van der Waals surface area contributed by atoms with Crippen LogP contribution >= 0.6 is 31.9 Å². The van der Waals surface area contributed by atoms with Crippen LogP contribution in [-0.4, -0.2) is 13.4 Å². The molecule has 2 aromatic rings. The fourth-order valence-electron chi connectivity index (χ4n) is 1.96. The molecular formula is C16H14Br2O3. The van der Waals surface area contributed by atoms with E-state index in [1.54, 1.807) is 19.2 Å². The Morgan fingerprint density at radius 1 is 1.14 bits per heavy atom. The van der Waals surface area contributed by atoms with Gasteiger partial charge in [0.25, 0.3) is 0 Å². The van der Waals surface area contributed by atoms with Gasteiger partial charge in [-0.3, -0.25) is 4.79 Å². The molecule has 2 aromatic carbocycles. The lowest BCUT2D eigenvalue weighted by molar-refractivity contribution is 0.112. The maximum absolute atomic E-state index is 10.8. The molecule has 0 radical (unpaired) electrons. The molecule has 0 amide bonds. The third-order valence-electron chi connectivity index (χ3n) is 2.96. The van der Waals surface area contributed by atoms with Crippen LogP contribution in [0.15, 0.2) is 39.3 Å². The number of hydrogen-bond donors (Lipinski definition) is 0. The highest BCUT2D eigenvalue weighted by Gasteiger charge is 2.11. The van der Waals surface area contributed by atoms with Crippen LogP contribution in [0.4, 0.5) is 0 Å². The Kier molecular flexibility index (Phi) is 5.42. The van der Waals surface area contributed by atoms with Crippen molar-refractivity contribution < 1.29 is 14.3 Å². The largest absolute Gasteiger partial charge is 0.496 e. The van der Waals surface area contributed by atoms with Crippen LogP contribution in [-0.2, 0) is 6.61 Å². The Hall–Kier alpha value is -1.33. The number of aryl methyl sites for hydroxylation is 1. The summed E-state index contributed by atoms with van der Waals surface area (Å²) in [6, 6.07) is 9.39. The van der Waals surface area contributed by atoms with E-state index in [4.69, 9.17) is 9.47 Å². The number of carbonyl (C=O) groups is 1. The Bertz CT molecular complexity index is 646. The van der Waals surface area contributed by atoms with Gasteiger partial charge in [-0.05, 0) is 63.0 Å². The number of aldehydes is 1. The van der Waals surface area contributed by atoms with Crippen molar-refractivity contribution in [2.24, 2.45) is 0 Å². The van der Waals surface area contributed by atoms with E-state index < -0.39 is 0 Å². The average Bonchev–Trinajstić information content (AvgIpc) is 2.46. The summed E-state index contributed by atoms with van der Waals surface area (Å²) in [7, 11) is 1.64. The van der Waals surface area contributed by atoms with Crippen molar-refractivity contribution in [1.82, 2.24) is 0 Å². The third kappa shape index (κ3) is 3.86. The molecule has 0 saturated carbocycles. The predicted octanol–water partition coefficient (Wildman–Crippen LogP) is 4.92. The number of halogens is 2. The standard InChI is InChI=1S/C16H14Br2O3/c1-10-3-4-15(20-2)12(5-10)9-21-16-13(17)6-11(8-19)7-14(16)18/h3-8H,9H2,1-2H3. The summed E-state index contributed by atoms with van der Waals surface area (Å²) >= 11 is 6.83. The van der Waals surface area contributed by atoms with Gasteiger partial charge < -0.3 is 9.47 Å². The van der Waals surface area contributed by atoms with Gasteiger partial charge in [0, 0.05) is 11.1 Å². The van der Waals surface area contributed by atoms with Crippen LogP contribution in [0.3, 0.4) is 0 Å². The summed E-state index contributed by atoms with van der Waals surface area (Å²) in [5, 5.41) is 0. The SMILES string of the molecule is COc1ccc(C)cc1COc1c(Br)cc(C=O)cc1Br. The summed E-state index contributed by atoms with van der Waals surface area (Å²) in [5.41, 5.74) is 2.69. The lowest BCUT2D eigenvalue weighted by Crippen LogP contribution is -2.00. The molecule has 0 aliphatic rings. The number of methoxy groups -OCH3 is 1. The quantitative estimate of drug-likeness (QED) is 0.652. The van der Waals surface area contributed by atoms with E-state index in [2.05, 4.69) is 31.9 Å². The minimum atomic E-state index is 0.377. The predicted molar refractivity (Wildman–Crippen MR) is 89.3 cm³/mol. The fraction of sp³-hybridized carbons (Fsp3) is 0.188. The van der Waals surface area contributed by atoms with Gasteiger partial charge in [0.15, 0.2) is 0 Å². The van der Waals surface area contributed by atoms with Gasteiger partial charge in [0.05, 0.1) is 16.1 Å². The Labute approximate surface area is 140 Å². The lowest BCUT2D eigenvalue weighted by Gasteiger charge is -2.13. The summed E-state index contributed by atoms with van der Waals surface area (Å²) in [4.78, 5) is 10.8. The maximum Gasteiger partial charge on any atom is 0.150 e. The van der Waals surface area contributed by atoms with E-state index in [0.717, 1.165) is 32.1 Å². The van der Waals surface area contributed by atoms with Crippen molar-refractivity contribution in [2.45, 2.75) is 13.5 Å². The molecule has 0 saturated heterocycles. The lowest BCUT2D eigenvalue weighted by atomic mass is 10.1. The van der Waals surface area contributed by atoms with E-state index in [1.165, 1.54) is 0 Å². The van der Waals surface area contributed by atoms with Crippen LogP contribution in [0.2, 0.25) is 0 Å². The Morgan fingerprint density at radius 2 is 1.81 bits per heavy atom. The number of rotatable bonds is 5. The van der Waals surface area contributed by atoms with Crippen LogP contribution in [0.5, 0.6) is 11.5 Å². The first kappa shape index (κ1) is 16.0. The first-order chi connectivity index (χ1) is 10.0. The Morgan fingerprint density at radius 3 is 2.38 bits per heavy atom. The van der Waals surface area contributed by atoms with Crippen LogP contribution in [0.25, 0.3) is 0 Å². The summed E-state index contributed by atoms with van der Waals surface area (Å²) in [5.74, 6) is 1.45. The second-order valence-corrected chi connectivity index (χ2v) is 6.24. The van der Waals surface area contributed by atoms with Gasteiger partial charge >= 0.3 is 0 Å².